The maximum absolute atomic E-state index is 10.5. The fourth-order valence-electron chi connectivity index (χ4n) is 0.425. The first-order valence-electron chi connectivity index (χ1n) is 2.31. The number of nitrogens with zero attached hydrogens (tertiary/aromatic N) is 1. The van der Waals surface area contributed by atoms with Gasteiger partial charge in [-0.3, -0.25) is 9.78 Å². The van der Waals surface area contributed by atoms with Crippen molar-refractivity contribution in [1.29, 1.82) is 0 Å². The minimum atomic E-state index is -0.118. The van der Waals surface area contributed by atoms with Gasteiger partial charge in [0.25, 0.3) is 5.56 Å². The molecule has 9 heavy (non-hydrogen) atoms. The molecule has 0 saturated carbocycles. The van der Waals surface area contributed by atoms with Crippen LogP contribution in [-0.2, 0) is 0 Å². The molecule has 1 heterocycles. The summed E-state index contributed by atoms with van der Waals surface area (Å²) in [7, 11) is 0. The molecule has 0 aromatic carbocycles. The Morgan fingerprint density at radius 1 is 1.67 bits per heavy atom. The molecule has 0 bridgehead atoms. The number of aryl methyl sites for hydroxylation is 1. The van der Waals surface area contributed by atoms with Gasteiger partial charge in [-0.15, -0.1) is 12.4 Å². The SMILES string of the molecule is Cc1ncc[nH]c1=O.Cl. The second-order valence-corrected chi connectivity index (χ2v) is 1.50. The molecular weight excluding hydrogens is 140 g/mol. The van der Waals surface area contributed by atoms with E-state index in [4.69, 9.17) is 0 Å². The van der Waals surface area contributed by atoms with Crippen LogP contribution in [0.2, 0.25) is 0 Å². The number of rotatable bonds is 0. The molecule has 0 fully saturated rings. The molecule has 3 nitrogen and oxygen atoms in total. The first kappa shape index (κ1) is 8.17. The second-order valence-electron chi connectivity index (χ2n) is 1.50. The van der Waals surface area contributed by atoms with E-state index < -0.39 is 0 Å². The molecule has 1 N–H and O–H groups in total. The van der Waals surface area contributed by atoms with E-state index in [2.05, 4.69) is 9.97 Å². The Kier molecular flexibility index (Phi) is 2.95. The van der Waals surface area contributed by atoms with Crippen LogP contribution in [0.1, 0.15) is 5.69 Å². The van der Waals surface area contributed by atoms with Gasteiger partial charge >= 0.3 is 0 Å². The van der Waals surface area contributed by atoms with E-state index in [-0.39, 0.29) is 18.0 Å². The lowest BCUT2D eigenvalue weighted by atomic mass is 10.5. The van der Waals surface area contributed by atoms with Crippen molar-refractivity contribution in [3.8, 4) is 0 Å². The summed E-state index contributed by atoms with van der Waals surface area (Å²) in [6, 6.07) is 0. The van der Waals surface area contributed by atoms with Crippen LogP contribution in [0, 0.1) is 6.92 Å². The van der Waals surface area contributed by atoms with Crippen molar-refractivity contribution in [2.45, 2.75) is 6.92 Å². The van der Waals surface area contributed by atoms with E-state index in [9.17, 15) is 4.79 Å². The summed E-state index contributed by atoms with van der Waals surface area (Å²) in [5.41, 5.74) is 0.389. The zero-order valence-corrected chi connectivity index (χ0v) is 5.73. The van der Waals surface area contributed by atoms with Gasteiger partial charge in [0.1, 0.15) is 5.69 Å². The molecule has 0 atom stereocenters. The van der Waals surface area contributed by atoms with E-state index in [0.717, 1.165) is 0 Å². The van der Waals surface area contributed by atoms with Crippen LogP contribution < -0.4 is 5.56 Å². The van der Waals surface area contributed by atoms with Crippen molar-refractivity contribution in [2.24, 2.45) is 0 Å². The largest absolute Gasteiger partial charge is 0.326 e. The van der Waals surface area contributed by atoms with Gasteiger partial charge in [0.15, 0.2) is 0 Å². The average molecular weight is 147 g/mol. The number of halogens is 1. The number of hydrogen-bond acceptors (Lipinski definition) is 2. The van der Waals surface area contributed by atoms with Crippen molar-refractivity contribution in [2.75, 3.05) is 0 Å². The molecule has 0 saturated heterocycles. The third kappa shape index (κ3) is 1.85. The Morgan fingerprint density at radius 2 is 2.33 bits per heavy atom. The predicted octanol–water partition coefficient (Wildman–Crippen LogP) is 0.500. The number of H-pyrrole nitrogens is 1. The Labute approximate surface area is 58.6 Å². The maximum atomic E-state index is 10.5. The van der Waals surface area contributed by atoms with Gasteiger partial charge in [0, 0.05) is 12.4 Å². The summed E-state index contributed by atoms with van der Waals surface area (Å²) in [4.78, 5) is 16.7. The number of nitrogens with one attached hydrogen (secondary N) is 1. The summed E-state index contributed by atoms with van der Waals surface area (Å²) in [5.74, 6) is 0. The van der Waals surface area contributed by atoms with Crippen LogP contribution in [0.4, 0.5) is 0 Å². The van der Waals surface area contributed by atoms with Crippen LogP contribution in [0.15, 0.2) is 17.2 Å². The van der Waals surface area contributed by atoms with E-state index in [1.807, 2.05) is 0 Å². The summed E-state index contributed by atoms with van der Waals surface area (Å²) >= 11 is 0. The Hall–Kier alpha value is -0.830. The van der Waals surface area contributed by atoms with Crippen LogP contribution in [-0.4, -0.2) is 9.97 Å². The average Bonchev–Trinajstić information content (AvgIpc) is 1.77. The van der Waals surface area contributed by atoms with Gasteiger partial charge in [-0.1, -0.05) is 0 Å². The summed E-state index contributed by atoms with van der Waals surface area (Å²) in [5, 5.41) is 0. The standard InChI is InChI=1S/C5H6N2O.ClH/c1-4-5(8)7-3-2-6-4;/h2-3H,1H3,(H,7,8);1H. The number of hydrogen-bond donors (Lipinski definition) is 1. The fourth-order valence-corrected chi connectivity index (χ4v) is 0.425. The smallest absolute Gasteiger partial charge is 0.269 e. The van der Waals surface area contributed by atoms with Gasteiger partial charge < -0.3 is 4.98 Å². The van der Waals surface area contributed by atoms with Crippen molar-refractivity contribution in [1.82, 2.24) is 9.97 Å². The highest BCUT2D eigenvalue weighted by molar-refractivity contribution is 5.85. The summed E-state index contributed by atoms with van der Waals surface area (Å²) in [6.07, 6.45) is 3.06. The van der Waals surface area contributed by atoms with Crippen LogP contribution in [0.3, 0.4) is 0 Å². The third-order valence-electron chi connectivity index (χ3n) is 0.886. The van der Waals surface area contributed by atoms with Crippen LogP contribution in [0.25, 0.3) is 0 Å². The van der Waals surface area contributed by atoms with E-state index in [1.165, 1.54) is 6.20 Å². The van der Waals surface area contributed by atoms with Crippen LogP contribution in [0.5, 0.6) is 0 Å². The number of aromatic nitrogens is 2. The molecule has 0 aliphatic rings. The molecule has 0 aliphatic heterocycles. The summed E-state index contributed by atoms with van der Waals surface area (Å²) < 4.78 is 0. The lowest BCUT2D eigenvalue weighted by Crippen LogP contribution is -2.08. The van der Waals surface area contributed by atoms with Crippen LogP contribution >= 0.6 is 12.4 Å². The van der Waals surface area contributed by atoms with Crippen molar-refractivity contribution in [3.63, 3.8) is 0 Å². The zero-order chi connectivity index (χ0) is 5.98. The molecule has 0 radical (unpaired) electrons. The first-order chi connectivity index (χ1) is 3.80. The highest BCUT2D eigenvalue weighted by Crippen LogP contribution is 1.72. The molecular formula is C5H7ClN2O. The predicted molar refractivity (Wildman–Crippen MR) is 36.8 cm³/mol. The normalized spacial score (nSPS) is 8.11. The number of aromatic amines is 1. The van der Waals surface area contributed by atoms with E-state index in [0.29, 0.717) is 5.69 Å². The van der Waals surface area contributed by atoms with Crippen molar-refractivity contribution >= 4 is 12.4 Å². The Bertz CT molecular complexity index is 232. The van der Waals surface area contributed by atoms with Crippen molar-refractivity contribution in [3.05, 3.63) is 28.4 Å². The van der Waals surface area contributed by atoms with E-state index in [1.54, 1.807) is 13.1 Å². The monoisotopic (exact) mass is 146 g/mol. The minimum absolute atomic E-state index is 0. The van der Waals surface area contributed by atoms with Gasteiger partial charge in [-0.05, 0) is 6.92 Å². The quantitative estimate of drug-likeness (QED) is 0.580. The molecule has 0 spiro atoms. The molecule has 0 amide bonds. The topological polar surface area (TPSA) is 45.8 Å². The maximum Gasteiger partial charge on any atom is 0.269 e. The molecule has 0 aliphatic carbocycles. The lowest BCUT2D eigenvalue weighted by molar-refractivity contribution is 1.06. The molecule has 1 aromatic rings. The Balaban J connectivity index is 0.000000640. The molecule has 1 aromatic heterocycles. The van der Waals surface area contributed by atoms with Gasteiger partial charge in [0.2, 0.25) is 0 Å². The first-order valence-corrected chi connectivity index (χ1v) is 2.31. The van der Waals surface area contributed by atoms with Crippen molar-refractivity contribution < 1.29 is 0 Å². The highest BCUT2D eigenvalue weighted by Gasteiger charge is 1.85. The van der Waals surface area contributed by atoms with Gasteiger partial charge in [-0.25, -0.2) is 0 Å². The summed E-state index contributed by atoms with van der Waals surface area (Å²) in [6.45, 7) is 1.67. The second kappa shape index (κ2) is 3.25. The minimum Gasteiger partial charge on any atom is -0.326 e. The molecule has 4 heteroatoms. The van der Waals surface area contributed by atoms with E-state index >= 15 is 0 Å². The Morgan fingerprint density at radius 3 is 2.67 bits per heavy atom. The molecule has 0 unspecified atom stereocenters. The third-order valence-corrected chi connectivity index (χ3v) is 0.886. The molecule has 50 valence electrons. The van der Waals surface area contributed by atoms with Gasteiger partial charge in [0.05, 0.1) is 0 Å². The molecule has 1 rings (SSSR count). The van der Waals surface area contributed by atoms with Gasteiger partial charge in [-0.2, -0.15) is 0 Å². The zero-order valence-electron chi connectivity index (χ0n) is 4.92. The fraction of sp³-hybridized carbons (Fsp3) is 0.200. The lowest BCUT2D eigenvalue weighted by Gasteiger charge is -1.83. The highest BCUT2D eigenvalue weighted by atomic mass is 35.5.